The summed E-state index contributed by atoms with van der Waals surface area (Å²) in [6.45, 7) is 1.04. The second-order valence-corrected chi connectivity index (χ2v) is 6.95. The number of urea groups is 1. The van der Waals surface area contributed by atoms with Crippen LogP contribution in [-0.4, -0.2) is 31.8 Å². The maximum Gasteiger partial charge on any atom is 0.416 e. The number of hydrogen-bond donors (Lipinski definition) is 1. The Labute approximate surface area is 169 Å². The van der Waals surface area contributed by atoms with Crippen molar-refractivity contribution < 1.29 is 22.8 Å². The number of alkyl halides is 3. The fourth-order valence-electron chi connectivity index (χ4n) is 3.40. The van der Waals surface area contributed by atoms with Crippen molar-refractivity contribution in [2.75, 3.05) is 0 Å². The molecule has 2 aromatic carbocycles. The van der Waals surface area contributed by atoms with E-state index in [0.29, 0.717) is 11.4 Å². The number of rotatable bonds is 4. The number of amides is 3. The molecule has 0 saturated carbocycles. The van der Waals surface area contributed by atoms with Crippen molar-refractivity contribution in [1.82, 2.24) is 25.2 Å². The molecular weight excluding hydrogens is 399 g/mol. The van der Waals surface area contributed by atoms with Gasteiger partial charge in [-0.15, -0.1) is 0 Å². The summed E-state index contributed by atoms with van der Waals surface area (Å²) in [6, 6.07) is 12.9. The number of carbonyl (C=O) groups is 2. The Bertz CT molecular complexity index is 1110. The van der Waals surface area contributed by atoms with E-state index in [-0.39, 0.29) is 12.1 Å². The van der Waals surface area contributed by atoms with Crippen LogP contribution in [0.15, 0.2) is 60.8 Å². The molecule has 10 heteroatoms. The van der Waals surface area contributed by atoms with Crippen LogP contribution in [0, 0.1) is 0 Å². The van der Waals surface area contributed by atoms with E-state index in [1.165, 1.54) is 36.1 Å². The largest absolute Gasteiger partial charge is 0.416 e. The summed E-state index contributed by atoms with van der Waals surface area (Å²) in [5.74, 6) is -0.793. The zero-order valence-corrected chi connectivity index (χ0v) is 15.7. The van der Waals surface area contributed by atoms with E-state index in [1.807, 2.05) is 6.07 Å². The van der Waals surface area contributed by atoms with Gasteiger partial charge in [0.25, 0.3) is 5.91 Å². The summed E-state index contributed by atoms with van der Waals surface area (Å²) in [7, 11) is 0. The summed E-state index contributed by atoms with van der Waals surface area (Å²) in [5, 5.41) is 10.7. The lowest BCUT2D eigenvalue weighted by molar-refractivity contribution is -0.140. The molecule has 1 aromatic heterocycles. The van der Waals surface area contributed by atoms with Gasteiger partial charge in [-0.3, -0.25) is 9.69 Å². The Morgan fingerprint density at radius 2 is 1.70 bits per heavy atom. The Morgan fingerprint density at radius 3 is 2.40 bits per heavy atom. The SMILES string of the molecule is CC1(c2ccccc2C(F)(F)F)NC(=O)N(Cc2cnn(-c3ccccc3)n2)C1=O. The van der Waals surface area contributed by atoms with Crippen LogP contribution < -0.4 is 5.32 Å². The van der Waals surface area contributed by atoms with E-state index in [0.717, 1.165) is 11.0 Å². The monoisotopic (exact) mass is 415 g/mol. The van der Waals surface area contributed by atoms with E-state index in [4.69, 9.17) is 0 Å². The van der Waals surface area contributed by atoms with Crippen LogP contribution in [-0.2, 0) is 23.1 Å². The summed E-state index contributed by atoms with van der Waals surface area (Å²) >= 11 is 0. The average molecular weight is 415 g/mol. The second-order valence-electron chi connectivity index (χ2n) is 6.95. The minimum atomic E-state index is -4.67. The van der Waals surface area contributed by atoms with Crippen LogP contribution in [0.25, 0.3) is 5.69 Å². The van der Waals surface area contributed by atoms with Crippen molar-refractivity contribution in [3.63, 3.8) is 0 Å². The molecule has 154 valence electrons. The number of nitrogens with one attached hydrogen (secondary N) is 1. The molecule has 1 fully saturated rings. The molecule has 1 unspecified atom stereocenters. The predicted molar refractivity (Wildman–Crippen MR) is 99.2 cm³/mol. The number of hydrogen-bond acceptors (Lipinski definition) is 4. The van der Waals surface area contributed by atoms with E-state index < -0.39 is 29.2 Å². The fourth-order valence-corrected chi connectivity index (χ4v) is 3.40. The lowest BCUT2D eigenvalue weighted by atomic mass is 9.87. The van der Waals surface area contributed by atoms with Gasteiger partial charge in [0, 0.05) is 0 Å². The van der Waals surface area contributed by atoms with Gasteiger partial charge in [-0.25, -0.2) is 4.79 Å². The van der Waals surface area contributed by atoms with Gasteiger partial charge in [0.1, 0.15) is 11.2 Å². The van der Waals surface area contributed by atoms with E-state index >= 15 is 0 Å². The topological polar surface area (TPSA) is 80.1 Å². The van der Waals surface area contributed by atoms with Gasteiger partial charge in [0.2, 0.25) is 0 Å². The molecule has 3 amide bonds. The molecule has 4 rings (SSSR count). The second kappa shape index (κ2) is 6.97. The van der Waals surface area contributed by atoms with Crippen molar-refractivity contribution in [3.8, 4) is 5.69 Å². The molecular formula is C20H16F3N5O2. The Balaban J connectivity index is 1.62. The van der Waals surface area contributed by atoms with Crippen LogP contribution in [0.3, 0.4) is 0 Å². The molecule has 0 aliphatic carbocycles. The molecule has 3 aromatic rings. The van der Waals surface area contributed by atoms with Gasteiger partial charge in [-0.05, 0) is 30.7 Å². The van der Waals surface area contributed by atoms with Gasteiger partial charge < -0.3 is 5.32 Å². The summed E-state index contributed by atoms with van der Waals surface area (Å²) in [4.78, 5) is 27.7. The quantitative estimate of drug-likeness (QED) is 0.664. The minimum Gasteiger partial charge on any atom is -0.319 e. The first-order chi connectivity index (χ1) is 14.2. The van der Waals surface area contributed by atoms with Crippen LogP contribution >= 0.6 is 0 Å². The van der Waals surface area contributed by atoms with E-state index in [9.17, 15) is 22.8 Å². The number of benzene rings is 2. The van der Waals surface area contributed by atoms with Crippen molar-refractivity contribution in [1.29, 1.82) is 0 Å². The highest BCUT2D eigenvalue weighted by molar-refractivity contribution is 6.07. The predicted octanol–water partition coefficient (Wildman–Crippen LogP) is 3.25. The number of para-hydroxylation sites is 1. The molecule has 0 bridgehead atoms. The molecule has 1 aliphatic heterocycles. The average Bonchev–Trinajstić information content (AvgIpc) is 3.27. The molecule has 30 heavy (non-hydrogen) atoms. The number of carbonyl (C=O) groups excluding carboxylic acids is 2. The highest BCUT2D eigenvalue weighted by atomic mass is 19.4. The van der Waals surface area contributed by atoms with E-state index in [2.05, 4.69) is 15.5 Å². The maximum atomic E-state index is 13.4. The Hall–Kier alpha value is -3.69. The van der Waals surface area contributed by atoms with Crippen LogP contribution in [0.5, 0.6) is 0 Å². The highest BCUT2D eigenvalue weighted by Crippen LogP contribution is 2.39. The van der Waals surface area contributed by atoms with Crippen LogP contribution in [0.4, 0.5) is 18.0 Å². The van der Waals surface area contributed by atoms with Gasteiger partial charge in [0.15, 0.2) is 0 Å². The minimum absolute atomic E-state index is 0.221. The molecule has 1 N–H and O–H groups in total. The number of aromatic nitrogens is 3. The molecule has 7 nitrogen and oxygen atoms in total. The number of nitrogens with zero attached hydrogens (tertiary/aromatic N) is 4. The third kappa shape index (κ3) is 3.30. The van der Waals surface area contributed by atoms with Crippen molar-refractivity contribution >= 4 is 11.9 Å². The Kier molecular flexibility index (Phi) is 4.56. The van der Waals surface area contributed by atoms with Gasteiger partial charge in [-0.2, -0.15) is 28.2 Å². The van der Waals surface area contributed by atoms with Crippen molar-refractivity contribution in [2.45, 2.75) is 25.2 Å². The smallest absolute Gasteiger partial charge is 0.319 e. The summed E-state index contributed by atoms with van der Waals surface area (Å²) in [5.41, 5.74) is -2.14. The first kappa shape index (κ1) is 19.6. The lowest BCUT2D eigenvalue weighted by Gasteiger charge is -2.25. The van der Waals surface area contributed by atoms with Crippen molar-refractivity contribution in [2.24, 2.45) is 0 Å². The van der Waals surface area contributed by atoms with Gasteiger partial charge in [0.05, 0.1) is 24.0 Å². The molecule has 1 saturated heterocycles. The van der Waals surface area contributed by atoms with E-state index in [1.54, 1.807) is 24.3 Å². The first-order valence-corrected chi connectivity index (χ1v) is 8.97. The normalized spacial score (nSPS) is 19.3. The van der Waals surface area contributed by atoms with Crippen molar-refractivity contribution in [3.05, 3.63) is 77.6 Å². The number of imide groups is 1. The van der Waals surface area contributed by atoms with Gasteiger partial charge in [-0.1, -0.05) is 36.4 Å². The molecule has 0 spiro atoms. The molecule has 1 aliphatic rings. The lowest BCUT2D eigenvalue weighted by Crippen LogP contribution is -2.42. The molecule has 2 heterocycles. The van der Waals surface area contributed by atoms with Crippen LogP contribution in [0.2, 0.25) is 0 Å². The van der Waals surface area contributed by atoms with Gasteiger partial charge >= 0.3 is 12.2 Å². The molecule has 1 atom stereocenters. The zero-order valence-electron chi connectivity index (χ0n) is 15.7. The maximum absolute atomic E-state index is 13.4. The summed E-state index contributed by atoms with van der Waals surface area (Å²) < 4.78 is 40.3. The zero-order chi connectivity index (χ0) is 21.5. The highest BCUT2D eigenvalue weighted by Gasteiger charge is 2.52. The third-order valence-corrected chi connectivity index (χ3v) is 4.89. The molecule has 0 radical (unpaired) electrons. The third-order valence-electron chi connectivity index (χ3n) is 4.89. The Morgan fingerprint density at radius 1 is 1.03 bits per heavy atom. The fraction of sp³-hybridized carbons (Fsp3) is 0.200. The standard InChI is InChI=1S/C20H16F3N5O2/c1-19(15-9-5-6-10-16(15)20(21,22)23)17(29)27(18(30)25-19)12-13-11-24-28(26-13)14-7-3-2-4-8-14/h2-11H,12H2,1H3,(H,25,30). The number of halogens is 3. The van der Waals surface area contributed by atoms with Crippen LogP contribution in [0.1, 0.15) is 23.7 Å². The first-order valence-electron chi connectivity index (χ1n) is 8.97. The summed E-state index contributed by atoms with van der Waals surface area (Å²) in [6.07, 6.45) is -3.27.